The van der Waals surface area contributed by atoms with Crippen molar-refractivity contribution in [2.75, 3.05) is 24.7 Å². The molecule has 1 aromatic carbocycles. The standard InChI is InChI=1S/C18H28N2S/c1-13(2)20-11-14-5-4-6-15(12-20)18(14)19-16-7-9-17(21-3)10-8-16/h7-10,13-15,18-19H,4-6,11-12H2,1-3H3. The molecule has 2 aliphatic rings. The summed E-state index contributed by atoms with van der Waals surface area (Å²) >= 11 is 1.81. The maximum Gasteiger partial charge on any atom is 0.0343 e. The van der Waals surface area contributed by atoms with Crippen LogP contribution in [0.2, 0.25) is 0 Å². The lowest BCUT2D eigenvalue weighted by molar-refractivity contribution is 0.0518. The first kappa shape index (κ1) is 15.2. The van der Waals surface area contributed by atoms with Crippen molar-refractivity contribution in [3.63, 3.8) is 0 Å². The largest absolute Gasteiger partial charge is 0.382 e. The van der Waals surface area contributed by atoms with Crippen molar-refractivity contribution in [1.82, 2.24) is 4.90 Å². The minimum absolute atomic E-state index is 0.675. The average molecular weight is 305 g/mol. The summed E-state index contributed by atoms with van der Waals surface area (Å²) in [5.74, 6) is 1.64. The van der Waals surface area contributed by atoms with Crippen LogP contribution in [0.3, 0.4) is 0 Å². The molecule has 1 aliphatic carbocycles. The molecule has 2 bridgehead atoms. The summed E-state index contributed by atoms with van der Waals surface area (Å²) in [4.78, 5) is 4.03. The third kappa shape index (κ3) is 3.40. The van der Waals surface area contributed by atoms with Crippen molar-refractivity contribution < 1.29 is 0 Å². The molecule has 1 saturated heterocycles. The summed E-state index contributed by atoms with van der Waals surface area (Å²) in [5.41, 5.74) is 1.30. The molecule has 2 fully saturated rings. The van der Waals surface area contributed by atoms with E-state index in [0.29, 0.717) is 12.1 Å². The Labute approximate surface area is 133 Å². The number of nitrogens with one attached hydrogen (secondary N) is 1. The van der Waals surface area contributed by atoms with E-state index in [2.05, 4.69) is 54.6 Å². The van der Waals surface area contributed by atoms with Gasteiger partial charge in [-0.25, -0.2) is 0 Å². The van der Waals surface area contributed by atoms with Crippen LogP contribution in [0.25, 0.3) is 0 Å². The molecular formula is C18H28N2S. The summed E-state index contributed by atoms with van der Waals surface area (Å²) in [7, 11) is 0. The van der Waals surface area contributed by atoms with Gasteiger partial charge in [0.25, 0.3) is 0 Å². The Morgan fingerprint density at radius 1 is 1.10 bits per heavy atom. The fraction of sp³-hybridized carbons (Fsp3) is 0.667. The molecule has 116 valence electrons. The lowest BCUT2D eigenvalue weighted by atomic mass is 9.73. The van der Waals surface area contributed by atoms with Crippen LogP contribution in [-0.2, 0) is 0 Å². The zero-order valence-corrected chi connectivity index (χ0v) is 14.3. The van der Waals surface area contributed by atoms with Crippen LogP contribution < -0.4 is 5.32 Å². The average Bonchev–Trinajstić information content (AvgIpc) is 2.47. The van der Waals surface area contributed by atoms with Crippen LogP contribution in [-0.4, -0.2) is 36.3 Å². The monoisotopic (exact) mass is 304 g/mol. The molecule has 1 N–H and O–H groups in total. The van der Waals surface area contributed by atoms with Crippen molar-refractivity contribution in [2.24, 2.45) is 11.8 Å². The highest BCUT2D eigenvalue weighted by Gasteiger charge is 2.39. The maximum atomic E-state index is 3.86. The lowest BCUT2D eigenvalue weighted by Crippen LogP contribution is -2.56. The molecule has 1 heterocycles. The van der Waals surface area contributed by atoms with Gasteiger partial charge in [-0.05, 0) is 69.0 Å². The van der Waals surface area contributed by atoms with Gasteiger partial charge < -0.3 is 10.2 Å². The van der Waals surface area contributed by atoms with E-state index in [1.165, 1.54) is 42.9 Å². The molecule has 3 rings (SSSR count). The quantitative estimate of drug-likeness (QED) is 0.834. The van der Waals surface area contributed by atoms with Gasteiger partial charge in [-0.3, -0.25) is 0 Å². The van der Waals surface area contributed by atoms with E-state index < -0.39 is 0 Å². The fourth-order valence-electron chi connectivity index (χ4n) is 4.01. The van der Waals surface area contributed by atoms with Crippen molar-refractivity contribution in [3.05, 3.63) is 24.3 Å². The summed E-state index contributed by atoms with van der Waals surface area (Å²) in [6.07, 6.45) is 6.33. The van der Waals surface area contributed by atoms with Gasteiger partial charge in [0.15, 0.2) is 0 Å². The van der Waals surface area contributed by atoms with Gasteiger partial charge >= 0.3 is 0 Å². The van der Waals surface area contributed by atoms with Crippen LogP contribution in [0.15, 0.2) is 29.2 Å². The third-order valence-electron chi connectivity index (χ3n) is 5.26. The minimum Gasteiger partial charge on any atom is -0.382 e. The molecule has 0 amide bonds. The zero-order valence-electron chi connectivity index (χ0n) is 13.5. The molecule has 0 aromatic heterocycles. The highest BCUT2D eigenvalue weighted by atomic mass is 32.2. The van der Waals surface area contributed by atoms with E-state index in [4.69, 9.17) is 0 Å². The SMILES string of the molecule is CSc1ccc(NC2C3CCCC2CN(C(C)C)C3)cc1. The number of thioether (sulfide) groups is 1. The Morgan fingerprint density at radius 2 is 1.71 bits per heavy atom. The van der Waals surface area contributed by atoms with Gasteiger partial charge in [0.2, 0.25) is 0 Å². The van der Waals surface area contributed by atoms with Crippen LogP contribution in [0.4, 0.5) is 5.69 Å². The molecule has 1 aromatic rings. The summed E-state index contributed by atoms with van der Waals surface area (Å²) < 4.78 is 0. The smallest absolute Gasteiger partial charge is 0.0343 e. The Bertz CT molecular complexity index is 443. The van der Waals surface area contributed by atoms with E-state index in [1.807, 2.05) is 11.8 Å². The Morgan fingerprint density at radius 3 is 2.24 bits per heavy atom. The minimum atomic E-state index is 0.675. The second-order valence-corrected chi connectivity index (χ2v) is 7.78. The van der Waals surface area contributed by atoms with Gasteiger partial charge in [0, 0.05) is 35.8 Å². The number of likely N-dealkylation sites (tertiary alicyclic amines) is 1. The number of rotatable bonds is 4. The number of fused-ring (bicyclic) bond motifs is 2. The number of hydrogen-bond acceptors (Lipinski definition) is 3. The van der Waals surface area contributed by atoms with E-state index in [-0.39, 0.29) is 0 Å². The van der Waals surface area contributed by atoms with Crippen molar-refractivity contribution in [1.29, 1.82) is 0 Å². The van der Waals surface area contributed by atoms with Crippen molar-refractivity contribution in [2.45, 2.75) is 50.1 Å². The summed E-state index contributed by atoms with van der Waals surface area (Å²) in [5, 5.41) is 3.86. The van der Waals surface area contributed by atoms with Gasteiger partial charge in [-0.1, -0.05) is 6.42 Å². The molecule has 2 atom stereocenters. The zero-order chi connectivity index (χ0) is 14.8. The number of nitrogens with zero attached hydrogens (tertiary/aromatic N) is 1. The van der Waals surface area contributed by atoms with E-state index in [0.717, 1.165) is 11.8 Å². The van der Waals surface area contributed by atoms with Gasteiger partial charge in [0.1, 0.15) is 0 Å². The van der Waals surface area contributed by atoms with Crippen LogP contribution in [0.5, 0.6) is 0 Å². The topological polar surface area (TPSA) is 15.3 Å². The Hall–Kier alpha value is -0.670. The van der Waals surface area contributed by atoms with Crippen LogP contribution >= 0.6 is 11.8 Å². The summed E-state index contributed by atoms with van der Waals surface area (Å²) in [6.45, 7) is 7.22. The van der Waals surface area contributed by atoms with Gasteiger partial charge in [-0.2, -0.15) is 0 Å². The molecule has 21 heavy (non-hydrogen) atoms. The maximum absolute atomic E-state index is 3.86. The second kappa shape index (κ2) is 6.62. The second-order valence-electron chi connectivity index (χ2n) is 6.90. The van der Waals surface area contributed by atoms with Crippen molar-refractivity contribution in [3.8, 4) is 0 Å². The first-order valence-electron chi connectivity index (χ1n) is 8.32. The normalized spacial score (nSPS) is 29.6. The van der Waals surface area contributed by atoms with Crippen LogP contribution in [0, 0.1) is 11.8 Å². The third-order valence-corrected chi connectivity index (χ3v) is 6.00. The Balaban J connectivity index is 1.70. The molecule has 1 saturated carbocycles. The Kier molecular flexibility index (Phi) is 4.80. The fourth-order valence-corrected chi connectivity index (χ4v) is 4.42. The molecule has 2 unspecified atom stereocenters. The molecule has 0 radical (unpaired) electrons. The number of hydrogen-bond donors (Lipinski definition) is 1. The highest BCUT2D eigenvalue weighted by molar-refractivity contribution is 7.98. The number of benzene rings is 1. The highest BCUT2D eigenvalue weighted by Crippen LogP contribution is 2.37. The van der Waals surface area contributed by atoms with Crippen LogP contribution in [0.1, 0.15) is 33.1 Å². The van der Waals surface area contributed by atoms with Gasteiger partial charge in [-0.15, -0.1) is 11.8 Å². The first-order chi connectivity index (χ1) is 10.2. The summed E-state index contributed by atoms with van der Waals surface area (Å²) in [6, 6.07) is 10.3. The van der Waals surface area contributed by atoms with Gasteiger partial charge in [0.05, 0.1) is 0 Å². The van der Waals surface area contributed by atoms with E-state index in [9.17, 15) is 0 Å². The van der Waals surface area contributed by atoms with Crippen molar-refractivity contribution >= 4 is 17.4 Å². The lowest BCUT2D eigenvalue weighted by Gasteiger charge is -2.49. The molecule has 0 spiro atoms. The molecule has 3 heteroatoms. The number of anilines is 1. The predicted molar refractivity (Wildman–Crippen MR) is 93.2 cm³/mol. The van der Waals surface area contributed by atoms with E-state index in [1.54, 1.807) is 0 Å². The predicted octanol–water partition coefficient (Wildman–Crippen LogP) is 4.33. The molecule has 2 nitrogen and oxygen atoms in total. The molecular weight excluding hydrogens is 276 g/mol. The van der Waals surface area contributed by atoms with E-state index >= 15 is 0 Å². The molecule has 1 aliphatic heterocycles. The number of piperidine rings is 1. The first-order valence-corrected chi connectivity index (χ1v) is 9.54.